The van der Waals surface area contributed by atoms with Gasteiger partial charge in [0.05, 0.1) is 55.0 Å². The average Bonchev–Trinajstić information content (AvgIpc) is 3.07. The lowest BCUT2D eigenvalue weighted by Gasteiger charge is -2.50. The highest BCUT2D eigenvalue weighted by Crippen LogP contribution is 2.33. The fourth-order valence-electron chi connectivity index (χ4n) is 7.23. The summed E-state index contributed by atoms with van der Waals surface area (Å²) in [4.78, 5) is 36.5. The van der Waals surface area contributed by atoms with E-state index in [1.54, 1.807) is 25.4 Å². The summed E-state index contributed by atoms with van der Waals surface area (Å²) in [5.41, 5.74) is 1.07. The molecule has 0 saturated carbocycles. The largest absolute Gasteiger partial charge is 0.392 e. The van der Waals surface area contributed by atoms with Gasteiger partial charge in [0.25, 0.3) is 11.1 Å². The predicted octanol–water partition coefficient (Wildman–Crippen LogP) is 5.26. The molecule has 13 heteroatoms. The van der Waals surface area contributed by atoms with Crippen LogP contribution in [-0.2, 0) is 23.8 Å². The lowest BCUT2D eigenvalue weighted by atomic mass is 9.86. The Morgan fingerprint density at radius 2 is 1.75 bits per heavy atom. The number of rotatable bonds is 7. The summed E-state index contributed by atoms with van der Waals surface area (Å²) in [6.45, 7) is 13.0. The topological polar surface area (TPSA) is 118 Å². The van der Waals surface area contributed by atoms with E-state index in [0.29, 0.717) is 34.4 Å². The van der Waals surface area contributed by atoms with E-state index in [4.69, 9.17) is 4.74 Å². The number of aryl methyl sites for hydroxylation is 1. The summed E-state index contributed by atoms with van der Waals surface area (Å²) < 4.78 is 38.5. The molecule has 0 amide bonds. The summed E-state index contributed by atoms with van der Waals surface area (Å²) in [6.07, 6.45) is 4.66. The lowest BCUT2D eigenvalue weighted by Crippen LogP contribution is -2.63. The van der Waals surface area contributed by atoms with Gasteiger partial charge >= 0.3 is 0 Å². The van der Waals surface area contributed by atoms with Gasteiger partial charge in [0, 0.05) is 61.0 Å². The third kappa shape index (κ3) is 6.48. The minimum Gasteiger partial charge on any atom is -0.392 e. The number of aliphatic hydroxyl groups is 1. The van der Waals surface area contributed by atoms with Crippen LogP contribution in [-0.4, -0.2) is 73.8 Å². The molecule has 0 unspecified atom stereocenters. The molecule has 5 heterocycles. The Morgan fingerprint density at radius 1 is 0.981 bits per heavy atom. The van der Waals surface area contributed by atoms with E-state index in [-0.39, 0.29) is 44.9 Å². The first-order valence-corrected chi connectivity index (χ1v) is 17.4. The van der Waals surface area contributed by atoms with Crippen molar-refractivity contribution in [3.63, 3.8) is 0 Å². The average molecular weight is 712 g/mol. The number of ether oxygens (including phenoxy) is 1. The number of anilines is 3. The fraction of sp³-hybridized carbons (Fsp3) is 0.385. The Morgan fingerprint density at radius 3 is 2.40 bits per heavy atom. The van der Waals surface area contributed by atoms with Crippen LogP contribution in [0, 0.1) is 11.6 Å². The van der Waals surface area contributed by atoms with Crippen LogP contribution in [0.3, 0.4) is 0 Å². The number of fused-ring (bicyclic) bond motifs is 1. The maximum atomic E-state index is 15.4. The van der Waals surface area contributed by atoms with Crippen molar-refractivity contribution in [2.24, 2.45) is 7.05 Å². The maximum Gasteiger partial charge on any atom is 0.282 e. The number of hydrogen-bond acceptors (Lipinski definition) is 9. The number of aliphatic hydroxyl groups excluding tert-OH is 1. The molecule has 2 aromatic carbocycles. The first-order chi connectivity index (χ1) is 24.7. The summed E-state index contributed by atoms with van der Waals surface area (Å²) in [6, 6.07) is 11.8. The standard InChI is InChI=1S/C39H43F2N7O4/c1-22-17-47(29-20-52-21-29)23(2)16-46(22)28-7-8-35(42-15-28)44-33-10-25(18-45(6)37(33)50)30-12-27(40)13-34(31(30)19-49)48-38(51)36-24(14-43-48)9-26(11-32(36)41)39(3,4)5/h7-15,18,22-23,29,49H,16-17,19-21H2,1-6H3,(H,42,44)/t22-,23+/m0/s1. The van der Waals surface area contributed by atoms with Crippen molar-refractivity contribution < 1.29 is 18.6 Å². The second-order valence-electron chi connectivity index (χ2n) is 15.0. The number of aromatic nitrogens is 4. The van der Waals surface area contributed by atoms with Crippen molar-refractivity contribution in [1.82, 2.24) is 24.2 Å². The summed E-state index contributed by atoms with van der Waals surface area (Å²) in [5, 5.41) is 18.1. The zero-order chi connectivity index (χ0) is 37.1. The maximum absolute atomic E-state index is 15.4. The Balaban J connectivity index is 1.21. The molecule has 2 atom stereocenters. The van der Waals surface area contributed by atoms with Gasteiger partial charge in [-0.2, -0.15) is 9.78 Å². The van der Waals surface area contributed by atoms with E-state index in [2.05, 4.69) is 39.0 Å². The normalized spacial score (nSPS) is 18.5. The van der Waals surface area contributed by atoms with Crippen LogP contribution >= 0.6 is 0 Å². The molecule has 272 valence electrons. The number of nitrogens with one attached hydrogen (secondary N) is 1. The van der Waals surface area contributed by atoms with Crippen molar-refractivity contribution in [3.05, 3.63) is 105 Å². The molecule has 0 bridgehead atoms. The van der Waals surface area contributed by atoms with Gasteiger partial charge in [0.15, 0.2) is 0 Å². The molecule has 2 aliphatic rings. The number of benzene rings is 2. The highest BCUT2D eigenvalue weighted by atomic mass is 19.1. The zero-order valence-corrected chi connectivity index (χ0v) is 30.2. The molecule has 2 N–H and O–H groups in total. The molecule has 0 aliphatic carbocycles. The number of piperazine rings is 1. The van der Waals surface area contributed by atoms with E-state index < -0.39 is 23.8 Å². The third-order valence-electron chi connectivity index (χ3n) is 10.2. The Hall–Kier alpha value is -4.98. The van der Waals surface area contributed by atoms with Crippen LogP contribution in [0.4, 0.5) is 26.0 Å². The number of pyridine rings is 2. The van der Waals surface area contributed by atoms with Gasteiger partial charge in [0.1, 0.15) is 23.1 Å². The van der Waals surface area contributed by atoms with E-state index in [1.165, 1.54) is 29.1 Å². The van der Waals surface area contributed by atoms with Crippen molar-refractivity contribution in [3.8, 4) is 16.8 Å². The van der Waals surface area contributed by atoms with Crippen LogP contribution in [0.25, 0.3) is 27.6 Å². The Kier molecular flexibility index (Phi) is 9.22. The number of hydrogen-bond donors (Lipinski definition) is 2. The van der Waals surface area contributed by atoms with Crippen LogP contribution in [0.1, 0.15) is 45.7 Å². The summed E-state index contributed by atoms with van der Waals surface area (Å²) in [7, 11) is 1.56. The van der Waals surface area contributed by atoms with Gasteiger partial charge < -0.3 is 24.6 Å². The SMILES string of the molecule is C[C@@H]1CN(c2ccc(Nc3cc(-c4cc(F)cc(-n5ncc6cc(C(C)(C)C)cc(F)c6c5=O)c4CO)cn(C)c3=O)nc2)[C@@H](C)CN1C1COC1. The summed E-state index contributed by atoms with van der Waals surface area (Å²) in [5.74, 6) is -0.993. The van der Waals surface area contributed by atoms with Crippen molar-refractivity contribution in [2.75, 3.05) is 36.5 Å². The van der Waals surface area contributed by atoms with Gasteiger partial charge in [-0.25, -0.2) is 13.8 Å². The van der Waals surface area contributed by atoms with Crippen LogP contribution in [0.2, 0.25) is 0 Å². The number of halogens is 2. The van der Waals surface area contributed by atoms with E-state index >= 15 is 8.78 Å². The lowest BCUT2D eigenvalue weighted by molar-refractivity contribution is -0.0828. The molecule has 2 saturated heterocycles. The van der Waals surface area contributed by atoms with E-state index in [1.807, 2.05) is 32.9 Å². The monoisotopic (exact) mass is 711 g/mol. The third-order valence-corrected chi connectivity index (χ3v) is 10.2. The molecule has 11 nitrogen and oxygen atoms in total. The van der Waals surface area contributed by atoms with Gasteiger partial charge in [-0.15, -0.1) is 0 Å². The molecule has 2 fully saturated rings. The highest BCUT2D eigenvalue weighted by Gasteiger charge is 2.36. The van der Waals surface area contributed by atoms with Crippen molar-refractivity contribution >= 4 is 28.0 Å². The molecule has 52 heavy (non-hydrogen) atoms. The van der Waals surface area contributed by atoms with Gasteiger partial charge in [-0.3, -0.25) is 14.5 Å². The molecule has 7 rings (SSSR count). The second-order valence-corrected chi connectivity index (χ2v) is 15.0. The minimum absolute atomic E-state index is 0.0466. The highest BCUT2D eigenvalue weighted by molar-refractivity contribution is 5.83. The molecule has 5 aromatic rings. The zero-order valence-electron chi connectivity index (χ0n) is 30.2. The smallest absolute Gasteiger partial charge is 0.282 e. The molecule has 3 aromatic heterocycles. The van der Waals surface area contributed by atoms with E-state index in [0.717, 1.165) is 42.7 Å². The van der Waals surface area contributed by atoms with Gasteiger partial charge in [0.2, 0.25) is 0 Å². The molecule has 0 spiro atoms. The molecular formula is C39H43F2N7O4. The Bertz CT molecular complexity index is 2280. The van der Waals surface area contributed by atoms with Crippen LogP contribution in [0.15, 0.2) is 70.6 Å². The Labute approximate surface area is 300 Å². The van der Waals surface area contributed by atoms with Crippen LogP contribution < -0.4 is 21.3 Å². The van der Waals surface area contributed by atoms with Gasteiger partial charge in [-0.05, 0) is 66.8 Å². The van der Waals surface area contributed by atoms with Crippen molar-refractivity contribution in [1.29, 1.82) is 0 Å². The molecule has 0 radical (unpaired) electrons. The quantitative estimate of drug-likeness (QED) is 0.233. The fourth-order valence-corrected chi connectivity index (χ4v) is 7.23. The number of nitrogens with zero attached hydrogens (tertiary/aromatic N) is 6. The minimum atomic E-state index is -0.794. The van der Waals surface area contributed by atoms with Gasteiger partial charge in [-0.1, -0.05) is 20.8 Å². The predicted molar refractivity (Wildman–Crippen MR) is 198 cm³/mol. The van der Waals surface area contributed by atoms with Crippen molar-refractivity contribution in [2.45, 2.75) is 64.8 Å². The summed E-state index contributed by atoms with van der Waals surface area (Å²) >= 11 is 0. The first kappa shape index (κ1) is 35.4. The first-order valence-electron chi connectivity index (χ1n) is 17.4. The second kappa shape index (κ2) is 13.5. The van der Waals surface area contributed by atoms with E-state index in [9.17, 15) is 14.7 Å². The molecule has 2 aliphatic heterocycles. The van der Waals surface area contributed by atoms with Crippen LogP contribution in [0.5, 0.6) is 0 Å². The molecular weight excluding hydrogens is 668 g/mol.